The molecule has 0 amide bonds. The van der Waals surface area contributed by atoms with Crippen LogP contribution in [0.5, 0.6) is 0 Å². The molecule has 3 N–H and O–H groups in total. The number of hydrogen-bond acceptors (Lipinski definition) is 6. The van der Waals surface area contributed by atoms with Crippen molar-refractivity contribution in [2.24, 2.45) is 0 Å². The first-order chi connectivity index (χ1) is 12.4. The lowest BCUT2D eigenvalue weighted by Gasteiger charge is -2.08. The second-order valence-corrected chi connectivity index (χ2v) is 7.34. The third-order valence-corrected chi connectivity index (χ3v) is 4.88. The molecule has 0 spiro atoms. The largest absolute Gasteiger partial charge is 0.289 e. The fourth-order valence-electron chi connectivity index (χ4n) is 2.21. The molecule has 1 aromatic heterocycles. The molecule has 0 radical (unpaired) electrons. The van der Waals surface area contributed by atoms with Crippen LogP contribution in [0.2, 0.25) is 0 Å². The van der Waals surface area contributed by atoms with Crippen molar-refractivity contribution in [1.29, 1.82) is 0 Å². The number of hydrogen-bond donors (Lipinski definition) is 3. The molecule has 0 aliphatic carbocycles. The van der Waals surface area contributed by atoms with Crippen molar-refractivity contribution < 1.29 is 8.42 Å². The lowest BCUT2D eigenvalue weighted by atomic mass is 10.1. The predicted octanol–water partition coefficient (Wildman–Crippen LogP) is 1.37. The zero-order valence-electron chi connectivity index (χ0n) is 13.9. The lowest BCUT2D eigenvalue weighted by Crippen LogP contribution is -2.32. The highest BCUT2D eigenvalue weighted by molar-refractivity contribution is 7.89. The average Bonchev–Trinajstić information content (AvgIpc) is 2.63. The standard InChI is InChI=1S/C17H17N5O3S/c1-12-7-9-14(10-8-12)26(24,25)22-21-17-18-16(23)15(19-20-17)11-13-5-3-2-4-6-13/h2-10,22H,11H2,1H3,(H2,18,20,21,23). The molecule has 0 aliphatic rings. The number of sulfonamides is 1. The number of hydrazine groups is 1. The number of nitrogens with one attached hydrogen (secondary N) is 3. The molecule has 0 saturated carbocycles. The van der Waals surface area contributed by atoms with E-state index in [9.17, 15) is 13.2 Å². The molecular weight excluding hydrogens is 354 g/mol. The van der Waals surface area contributed by atoms with Gasteiger partial charge in [-0.05, 0) is 24.6 Å². The van der Waals surface area contributed by atoms with E-state index >= 15 is 0 Å². The quantitative estimate of drug-likeness (QED) is 0.564. The minimum atomic E-state index is -3.80. The number of rotatable bonds is 6. The Bertz CT molecular complexity index is 1050. The summed E-state index contributed by atoms with van der Waals surface area (Å²) in [6.07, 6.45) is 0.332. The first kappa shape index (κ1) is 17.8. The summed E-state index contributed by atoms with van der Waals surface area (Å²) < 4.78 is 24.4. The molecule has 26 heavy (non-hydrogen) atoms. The van der Waals surface area contributed by atoms with Gasteiger partial charge in [-0.3, -0.25) is 15.2 Å². The van der Waals surface area contributed by atoms with E-state index < -0.39 is 15.6 Å². The average molecular weight is 371 g/mol. The van der Waals surface area contributed by atoms with Gasteiger partial charge in [-0.15, -0.1) is 15.0 Å². The van der Waals surface area contributed by atoms with Crippen LogP contribution in [0.4, 0.5) is 5.95 Å². The van der Waals surface area contributed by atoms with E-state index in [-0.39, 0.29) is 16.5 Å². The number of aryl methyl sites for hydroxylation is 1. The van der Waals surface area contributed by atoms with Gasteiger partial charge in [0.1, 0.15) is 5.69 Å². The number of benzene rings is 2. The predicted molar refractivity (Wildman–Crippen MR) is 97.0 cm³/mol. The van der Waals surface area contributed by atoms with E-state index in [0.29, 0.717) is 6.42 Å². The van der Waals surface area contributed by atoms with Gasteiger partial charge in [0.25, 0.3) is 15.6 Å². The van der Waals surface area contributed by atoms with Crippen molar-refractivity contribution in [2.75, 3.05) is 5.43 Å². The molecule has 0 atom stereocenters. The zero-order valence-corrected chi connectivity index (χ0v) is 14.7. The fourth-order valence-corrected chi connectivity index (χ4v) is 3.06. The molecule has 3 rings (SSSR count). The molecule has 3 aromatic rings. The Morgan fingerprint density at radius 2 is 1.69 bits per heavy atom. The van der Waals surface area contributed by atoms with Gasteiger partial charge in [0, 0.05) is 6.42 Å². The van der Waals surface area contributed by atoms with Crippen LogP contribution >= 0.6 is 0 Å². The first-order valence-corrected chi connectivity index (χ1v) is 9.27. The summed E-state index contributed by atoms with van der Waals surface area (Å²) in [5.41, 5.74) is 4.03. The Morgan fingerprint density at radius 1 is 1.00 bits per heavy atom. The number of aromatic amines is 1. The fraction of sp³-hybridized carbons (Fsp3) is 0.118. The molecule has 0 aliphatic heterocycles. The molecule has 0 saturated heterocycles. The van der Waals surface area contributed by atoms with Crippen molar-refractivity contribution in [2.45, 2.75) is 18.2 Å². The molecule has 1 heterocycles. The van der Waals surface area contributed by atoms with E-state index in [4.69, 9.17) is 0 Å². The molecular formula is C17H17N5O3S. The lowest BCUT2D eigenvalue weighted by molar-refractivity contribution is 0.587. The maximum Gasteiger partial charge on any atom is 0.274 e. The van der Waals surface area contributed by atoms with Crippen molar-refractivity contribution in [3.05, 3.63) is 81.8 Å². The van der Waals surface area contributed by atoms with Crippen molar-refractivity contribution in [3.8, 4) is 0 Å². The molecule has 134 valence electrons. The highest BCUT2D eigenvalue weighted by Crippen LogP contribution is 2.09. The van der Waals surface area contributed by atoms with Gasteiger partial charge in [0.05, 0.1) is 4.90 Å². The molecule has 9 heteroatoms. The van der Waals surface area contributed by atoms with Crippen LogP contribution in [0.25, 0.3) is 0 Å². The Balaban J connectivity index is 1.70. The first-order valence-electron chi connectivity index (χ1n) is 7.78. The van der Waals surface area contributed by atoms with Crippen molar-refractivity contribution >= 4 is 16.0 Å². The van der Waals surface area contributed by atoms with E-state index in [1.54, 1.807) is 12.1 Å². The van der Waals surface area contributed by atoms with Gasteiger partial charge in [0.15, 0.2) is 0 Å². The summed E-state index contributed by atoms with van der Waals surface area (Å²) >= 11 is 0. The summed E-state index contributed by atoms with van der Waals surface area (Å²) in [5, 5.41) is 7.67. The second kappa shape index (κ2) is 7.46. The summed E-state index contributed by atoms with van der Waals surface area (Å²) in [4.78, 5) is 16.8. The summed E-state index contributed by atoms with van der Waals surface area (Å²) in [7, 11) is -3.80. The SMILES string of the molecule is Cc1ccc(S(=O)(=O)NNc2nnc(Cc3ccccc3)c(=O)[nH]2)cc1. The van der Waals surface area contributed by atoms with E-state index in [1.807, 2.05) is 37.3 Å². The van der Waals surface area contributed by atoms with Crippen LogP contribution in [0.3, 0.4) is 0 Å². The maximum atomic E-state index is 12.2. The molecule has 8 nitrogen and oxygen atoms in total. The van der Waals surface area contributed by atoms with Crippen LogP contribution in [0, 0.1) is 6.92 Å². The van der Waals surface area contributed by atoms with Gasteiger partial charge in [-0.25, -0.2) is 8.42 Å². The summed E-state index contributed by atoms with van der Waals surface area (Å²) in [5.74, 6) is -0.0949. The maximum absolute atomic E-state index is 12.2. The van der Waals surface area contributed by atoms with Crippen LogP contribution in [-0.4, -0.2) is 23.6 Å². The van der Waals surface area contributed by atoms with E-state index in [0.717, 1.165) is 11.1 Å². The minimum Gasteiger partial charge on any atom is -0.289 e. The number of aromatic nitrogens is 3. The van der Waals surface area contributed by atoms with E-state index in [2.05, 4.69) is 25.4 Å². The van der Waals surface area contributed by atoms with E-state index in [1.165, 1.54) is 12.1 Å². The minimum absolute atomic E-state index is 0.0894. The number of H-pyrrole nitrogens is 1. The van der Waals surface area contributed by atoms with Crippen LogP contribution < -0.4 is 15.8 Å². The van der Waals surface area contributed by atoms with Crippen LogP contribution in [0.15, 0.2) is 64.3 Å². The smallest absolute Gasteiger partial charge is 0.274 e. The highest BCUT2D eigenvalue weighted by atomic mass is 32.2. The molecule has 0 bridgehead atoms. The third-order valence-electron chi connectivity index (χ3n) is 3.61. The summed E-state index contributed by atoms with van der Waals surface area (Å²) in [6, 6.07) is 15.7. The van der Waals surface area contributed by atoms with Gasteiger partial charge < -0.3 is 0 Å². The number of nitrogens with zero attached hydrogens (tertiary/aromatic N) is 2. The van der Waals surface area contributed by atoms with Gasteiger partial charge >= 0.3 is 0 Å². The van der Waals surface area contributed by atoms with Crippen molar-refractivity contribution in [3.63, 3.8) is 0 Å². The summed E-state index contributed by atoms with van der Waals surface area (Å²) in [6.45, 7) is 1.86. The zero-order chi connectivity index (χ0) is 18.6. The Hall–Kier alpha value is -3.04. The Kier molecular flexibility index (Phi) is 5.10. The normalized spacial score (nSPS) is 11.3. The topological polar surface area (TPSA) is 117 Å². The molecule has 0 unspecified atom stereocenters. The van der Waals surface area contributed by atoms with Crippen LogP contribution in [-0.2, 0) is 16.4 Å². The van der Waals surface area contributed by atoms with Gasteiger partial charge in [-0.1, -0.05) is 48.0 Å². The van der Waals surface area contributed by atoms with Gasteiger partial charge in [0.2, 0.25) is 5.95 Å². The molecule has 0 fully saturated rings. The third kappa shape index (κ3) is 4.32. The Labute approximate surface area is 150 Å². The van der Waals surface area contributed by atoms with Crippen LogP contribution in [0.1, 0.15) is 16.8 Å². The Morgan fingerprint density at radius 3 is 2.35 bits per heavy atom. The highest BCUT2D eigenvalue weighted by Gasteiger charge is 2.14. The van der Waals surface area contributed by atoms with Crippen molar-refractivity contribution in [1.82, 2.24) is 20.0 Å². The second-order valence-electron chi connectivity index (χ2n) is 5.66. The number of anilines is 1. The van der Waals surface area contributed by atoms with Gasteiger partial charge in [-0.2, -0.15) is 0 Å². The monoisotopic (exact) mass is 371 g/mol. The molecule has 2 aromatic carbocycles.